The number of ketones is 1. The molecule has 106 valence electrons. The van der Waals surface area contributed by atoms with Crippen molar-refractivity contribution in [3.05, 3.63) is 29.8 Å². The first-order valence-corrected chi connectivity index (χ1v) is 5.75. The third-order valence-electron chi connectivity index (χ3n) is 2.11. The first-order valence-electron chi connectivity index (χ1n) is 5.75. The van der Waals surface area contributed by atoms with Crippen LogP contribution < -0.4 is 5.43 Å². The molecule has 0 bridgehead atoms. The summed E-state index contributed by atoms with van der Waals surface area (Å²) in [6, 6.07) is 6.10. The van der Waals surface area contributed by atoms with Crippen molar-refractivity contribution in [1.29, 1.82) is 0 Å². The number of benzene rings is 1. The van der Waals surface area contributed by atoms with E-state index in [4.69, 9.17) is 9.84 Å². The SMILES string of the molecule is CC(=O)CC(=O)OC/C=N\Nc1cccc(C(=O)O)c1. The summed E-state index contributed by atoms with van der Waals surface area (Å²) in [5.74, 6) is -1.91. The lowest BCUT2D eigenvalue weighted by molar-refractivity contribution is -0.144. The van der Waals surface area contributed by atoms with Crippen LogP contribution in [0.3, 0.4) is 0 Å². The second kappa shape index (κ2) is 7.67. The number of aromatic carboxylic acids is 1. The molecule has 0 unspecified atom stereocenters. The van der Waals surface area contributed by atoms with Gasteiger partial charge in [-0.3, -0.25) is 15.0 Å². The van der Waals surface area contributed by atoms with Crippen LogP contribution in [-0.2, 0) is 14.3 Å². The highest BCUT2D eigenvalue weighted by Gasteiger charge is 2.04. The Morgan fingerprint density at radius 2 is 2.15 bits per heavy atom. The van der Waals surface area contributed by atoms with Crippen LogP contribution in [0.4, 0.5) is 5.69 Å². The number of rotatable bonds is 7. The molecule has 0 heterocycles. The molecule has 0 atom stereocenters. The van der Waals surface area contributed by atoms with Crippen LogP contribution in [-0.4, -0.2) is 35.6 Å². The Morgan fingerprint density at radius 3 is 2.80 bits per heavy atom. The van der Waals surface area contributed by atoms with Gasteiger partial charge in [0.2, 0.25) is 0 Å². The predicted molar refractivity (Wildman–Crippen MR) is 71.8 cm³/mol. The minimum atomic E-state index is -1.03. The van der Waals surface area contributed by atoms with E-state index >= 15 is 0 Å². The molecular weight excluding hydrogens is 264 g/mol. The lowest BCUT2D eigenvalue weighted by Crippen LogP contribution is -2.10. The zero-order valence-electron chi connectivity index (χ0n) is 10.8. The molecule has 0 aliphatic rings. The van der Waals surface area contributed by atoms with E-state index in [1.165, 1.54) is 25.3 Å². The fourth-order valence-electron chi connectivity index (χ4n) is 1.26. The van der Waals surface area contributed by atoms with Gasteiger partial charge in [0.05, 0.1) is 17.5 Å². The smallest absolute Gasteiger partial charge is 0.335 e. The van der Waals surface area contributed by atoms with Gasteiger partial charge in [-0.1, -0.05) is 6.07 Å². The van der Waals surface area contributed by atoms with E-state index in [1.54, 1.807) is 12.1 Å². The van der Waals surface area contributed by atoms with E-state index < -0.39 is 11.9 Å². The van der Waals surface area contributed by atoms with Gasteiger partial charge in [-0.25, -0.2) is 4.79 Å². The van der Waals surface area contributed by atoms with Crippen LogP contribution in [0, 0.1) is 0 Å². The van der Waals surface area contributed by atoms with Crippen LogP contribution >= 0.6 is 0 Å². The Hall–Kier alpha value is -2.70. The molecule has 7 nitrogen and oxygen atoms in total. The van der Waals surface area contributed by atoms with Crippen molar-refractivity contribution in [2.75, 3.05) is 12.0 Å². The molecule has 0 spiro atoms. The standard InChI is InChI=1S/C13H14N2O5/c1-9(16)7-12(17)20-6-5-14-15-11-4-2-3-10(8-11)13(18)19/h2-5,8,15H,6-7H2,1H3,(H,18,19)/b14-5-. The van der Waals surface area contributed by atoms with Gasteiger partial charge in [0, 0.05) is 0 Å². The van der Waals surface area contributed by atoms with Gasteiger partial charge in [0.15, 0.2) is 0 Å². The minimum absolute atomic E-state index is 0.0717. The molecule has 0 radical (unpaired) electrons. The molecule has 1 aromatic carbocycles. The molecule has 0 aliphatic heterocycles. The minimum Gasteiger partial charge on any atom is -0.478 e. The summed E-state index contributed by atoms with van der Waals surface area (Å²) < 4.78 is 4.71. The van der Waals surface area contributed by atoms with Crippen molar-refractivity contribution < 1.29 is 24.2 Å². The highest BCUT2D eigenvalue weighted by atomic mass is 16.5. The van der Waals surface area contributed by atoms with Crippen molar-refractivity contribution >= 4 is 29.6 Å². The third kappa shape index (κ3) is 5.76. The summed E-state index contributed by atoms with van der Waals surface area (Å²) >= 11 is 0. The van der Waals surface area contributed by atoms with Crippen LogP contribution in [0.2, 0.25) is 0 Å². The second-order valence-corrected chi connectivity index (χ2v) is 3.87. The van der Waals surface area contributed by atoms with E-state index in [2.05, 4.69) is 10.5 Å². The van der Waals surface area contributed by atoms with E-state index in [9.17, 15) is 14.4 Å². The maximum Gasteiger partial charge on any atom is 0.335 e. The number of carbonyl (C=O) groups is 3. The lowest BCUT2D eigenvalue weighted by atomic mass is 10.2. The quantitative estimate of drug-likeness (QED) is 0.337. The molecule has 0 amide bonds. The molecule has 0 saturated carbocycles. The molecule has 0 aliphatic carbocycles. The number of hydrogen-bond donors (Lipinski definition) is 2. The van der Waals surface area contributed by atoms with Gasteiger partial charge in [0.1, 0.15) is 18.8 Å². The molecular formula is C13H14N2O5. The van der Waals surface area contributed by atoms with Gasteiger partial charge >= 0.3 is 11.9 Å². The van der Waals surface area contributed by atoms with Crippen molar-refractivity contribution in [3.8, 4) is 0 Å². The Kier molecular flexibility index (Phi) is 5.89. The van der Waals surface area contributed by atoms with Crippen molar-refractivity contribution in [2.45, 2.75) is 13.3 Å². The lowest BCUT2D eigenvalue weighted by Gasteiger charge is -2.02. The number of hydrazone groups is 1. The summed E-state index contributed by atoms with van der Waals surface area (Å²) in [6.07, 6.45) is 1.04. The molecule has 2 N–H and O–H groups in total. The topological polar surface area (TPSA) is 105 Å². The van der Waals surface area contributed by atoms with Gasteiger partial charge in [0.25, 0.3) is 0 Å². The third-order valence-corrected chi connectivity index (χ3v) is 2.11. The Morgan fingerprint density at radius 1 is 1.40 bits per heavy atom. The maximum absolute atomic E-state index is 11.0. The summed E-state index contributed by atoms with van der Waals surface area (Å²) in [6.45, 7) is 1.23. The fourth-order valence-corrected chi connectivity index (χ4v) is 1.26. The largest absolute Gasteiger partial charge is 0.478 e. The number of carboxylic acids is 1. The van der Waals surface area contributed by atoms with Crippen LogP contribution in [0.1, 0.15) is 23.7 Å². The van der Waals surface area contributed by atoms with Crippen molar-refractivity contribution in [2.24, 2.45) is 5.10 Å². The second-order valence-electron chi connectivity index (χ2n) is 3.87. The molecule has 1 aromatic rings. The Balaban J connectivity index is 2.38. The number of Topliss-reactive ketones (excluding diaryl/α,β-unsaturated/α-hetero) is 1. The van der Waals surface area contributed by atoms with Crippen LogP contribution in [0.5, 0.6) is 0 Å². The average molecular weight is 278 g/mol. The monoisotopic (exact) mass is 278 g/mol. The zero-order chi connectivity index (χ0) is 15.0. The van der Waals surface area contributed by atoms with Crippen LogP contribution in [0.15, 0.2) is 29.4 Å². The first kappa shape index (κ1) is 15.4. The Bertz CT molecular complexity index is 539. The van der Waals surface area contributed by atoms with Gasteiger partial charge < -0.3 is 9.84 Å². The van der Waals surface area contributed by atoms with Gasteiger partial charge in [-0.2, -0.15) is 5.10 Å². The number of esters is 1. The first-order chi connectivity index (χ1) is 9.49. The highest BCUT2D eigenvalue weighted by Crippen LogP contribution is 2.10. The maximum atomic E-state index is 11.0. The number of nitrogens with one attached hydrogen (secondary N) is 1. The zero-order valence-corrected chi connectivity index (χ0v) is 10.8. The van der Waals surface area contributed by atoms with Gasteiger partial charge in [-0.15, -0.1) is 0 Å². The highest BCUT2D eigenvalue weighted by molar-refractivity contribution is 5.94. The van der Waals surface area contributed by atoms with Crippen molar-refractivity contribution in [1.82, 2.24) is 0 Å². The van der Waals surface area contributed by atoms with E-state index in [-0.39, 0.29) is 24.4 Å². The van der Waals surface area contributed by atoms with Crippen LogP contribution in [0.25, 0.3) is 0 Å². The molecule has 0 saturated heterocycles. The molecule has 1 rings (SSSR count). The van der Waals surface area contributed by atoms with Crippen molar-refractivity contribution in [3.63, 3.8) is 0 Å². The number of hydrogen-bond acceptors (Lipinski definition) is 6. The number of anilines is 1. The molecule has 0 aromatic heterocycles. The number of carbonyl (C=O) groups excluding carboxylic acids is 2. The summed E-state index contributed by atoms with van der Waals surface area (Å²) in [5.41, 5.74) is 3.24. The van der Waals surface area contributed by atoms with Gasteiger partial charge in [-0.05, 0) is 25.1 Å². The van der Waals surface area contributed by atoms with E-state index in [0.29, 0.717) is 5.69 Å². The fraction of sp³-hybridized carbons (Fsp3) is 0.231. The van der Waals surface area contributed by atoms with E-state index in [0.717, 1.165) is 0 Å². The van der Waals surface area contributed by atoms with E-state index in [1.807, 2.05) is 0 Å². The number of nitrogens with zero attached hydrogens (tertiary/aromatic N) is 1. The summed E-state index contributed by atoms with van der Waals surface area (Å²) in [5, 5.41) is 12.6. The number of carboxylic acid groups (broad SMARTS) is 1. The molecule has 20 heavy (non-hydrogen) atoms. The normalized spacial score (nSPS) is 10.2. The summed E-state index contributed by atoms with van der Waals surface area (Å²) in [4.78, 5) is 32.4. The predicted octanol–water partition coefficient (Wildman–Crippen LogP) is 1.30. The molecule has 0 fully saturated rings. The summed E-state index contributed by atoms with van der Waals surface area (Å²) in [7, 11) is 0. The Labute approximate surface area is 115 Å². The molecule has 7 heteroatoms. The average Bonchev–Trinajstić information content (AvgIpc) is 2.37. The number of ether oxygens (including phenoxy) is 1.